The zero-order chi connectivity index (χ0) is 20.8. The molecular formula is C23H31N3O2S. The Hall–Kier alpha value is -2.47. The van der Waals surface area contributed by atoms with Crippen molar-refractivity contribution in [1.29, 1.82) is 0 Å². The lowest BCUT2D eigenvalue weighted by Gasteiger charge is -2.32. The van der Waals surface area contributed by atoms with Crippen molar-refractivity contribution in [2.45, 2.75) is 32.7 Å². The molecule has 1 fully saturated rings. The van der Waals surface area contributed by atoms with E-state index in [2.05, 4.69) is 53.6 Å². The molecule has 5 nitrogen and oxygen atoms in total. The van der Waals surface area contributed by atoms with Crippen LogP contribution in [0.4, 0.5) is 11.4 Å². The third-order valence-corrected chi connectivity index (χ3v) is 5.77. The van der Waals surface area contributed by atoms with Crippen molar-refractivity contribution in [2.75, 3.05) is 37.5 Å². The normalized spacial score (nSPS) is 15.5. The quantitative estimate of drug-likeness (QED) is 0.651. The van der Waals surface area contributed by atoms with Crippen LogP contribution in [0.25, 0.3) is 0 Å². The van der Waals surface area contributed by atoms with E-state index in [1.54, 1.807) is 14.2 Å². The topological polar surface area (TPSA) is 45.8 Å². The van der Waals surface area contributed by atoms with Crippen LogP contribution in [0.5, 0.6) is 11.5 Å². The number of methoxy groups -OCH3 is 2. The molecule has 0 bridgehead atoms. The second-order valence-electron chi connectivity index (χ2n) is 7.65. The Morgan fingerprint density at radius 2 is 1.76 bits per heavy atom. The molecule has 0 aromatic heterocycles. The summed E-state index contributed by atoms with van der Waals surface area (Å²) in [5.41, 5.74) is 3.30. The second kappa shape index (κ2) is 9.83. The van der Waals surface area contributed by atoms with E-state index in [4.69, 9.17) is 21.7 Å². The predicted octanol–water partition coefficient (Wildman–Crippen LogP) is 4.99. The number of benzene rings is 2. The molecule has 0 spiro atoms. The lowest BCUT2D eigenvalue weighted by Crippen LogP contribution is -2.33. The van der Waals surface area contributed by atoms with E-state index in [0.29, 0.717) is 10.9 Å². The first-order chi connectivity index (χ1) is 14.0. The van der Waals surface area contributed by atoms with Gasteiger partial charge in [-0.1, -0.05) is 19.1 Å². The molecule has 1 aliphatic rings. The van der Waals surface area contributed by atoms with E-state index >= 15 is 0 Å². The molecule has 0 saturated carbocycles. The largest absolute Gasteiger partial charge is 0.497 e. The fourth-order valence-electron chi connectivity index (χ4n) is 3.58. The summed E-state index contributed by atoms with van der Waals surface area (Å²) >= 11 is 5.50. The highest BCUT2D eigenvalue weighted by Gasteiger charge is 2.16. The molecule has 29 heavy (non-hydrogen) atoms. The Kier molecular flexibility index (Phi) is 7.20. The molecule has 2 aromatic rings. The fraction of sp³-hybridized carbons (Fsp3) is 0.435. The number of hydrogen-bond donors (Lipinski definition) is 2. The van der Waals surface area contributed by atoms with Gasteiger partial charge in [0.25, 0.3) is 0 Å². The van der Waals surface area contributed by atoms with Crippen LogP contribution in [0.3, 0.4) is 0 Å². The van der Waals surface area contributed by atoms with Crippen molar-refractivity contribution in [2.24, 2.45) is 5.92 Å². The van der Waals surface area contributed by atoms with Gasteiger partial charge in [0.1, 0.15) is 11.5 Å². The first-order valence-electron chi connectivity index (χ1n) is 10.1. The Balaban J connectivity index is 1.58. The minimum absolute atomic E-state index is 0.0923. The third kappa shape index (κ3) is 5.54. The van der Waals surface area contributed by atoms with Gasteiger partial charge in [0.15, 0.2) is 5.11 Å². The summed E-state index contributed by atoms with van der Waals surface area (Å²) in [6, 6.07) is 14.5. The van der Waals surface area contributed by atoms with Gasteiger partial charge in [0.05, 0.1) is 25.9 Å². The Bertz CT molecular complexity index is 817. The standard InChI is InChI=1S/C23H31N3O2S/c1-16-11-13-26(14-12-16)19-7-5-18(6-8-19)17(2)24-23(29)25-21-10-9-20(27-3)15-22(21)28-4/h5-10,15-17H,11-14H2,1-4H3,(H2,24,25,29)/t17-/m1/s1. The molecule has 1 aliphatic heterocycles. The van der Waals surface area contributed by atoms with E-state index in [9.17, 15) is 0 Å². The Morgan fingerprint density at radius 1 is 1.07 bits per heavy atom. The summed E-state index contributed by atoms with van der Waals surface area (Å²) in [6.07, 6.45) is 2.54. The monoisotopic (exact) mass is 413 g/mol. The number of thiocarbonyl (C=S) groups is 1. The van der Waals surface area contributed by atoms with Crippen LogP contribution in [0.1, 0.15) is 38.3 Å². The number of ether oxygens (including phenoxy) is 2. The lowest BCUT2D eigenvalue weighted by atomic mass is 9.98. The van der Waals surface area contributed by atoms with Crippen LogP contribution in [-0.2, 0) is 0 Å². The molecule has 1 saturated heterocycles. The molecule has 1 heterocycles. The van der Waals surface area contributed by atoms with E-state index < -0.39 is 0 Å². The lowest BCUT2D eigenvalue weighted by molar-refractivity contribution is 0.395. The van der Waals surface area contributed by atoms with Gasteiger partial charge in [0, 0.05) is 24.8 Å². The van der Waals surface area contributed by atoms with Gasteiger partial charge in [-0.05, 0) is 67.7 Å². The number of anilines is 2. The molecule has 2 N–H and O–H groups in total. The number of hydrogen-bond acceptors (Lipinski definition) is 4. The highest BCUT2D eigenvalue weighted by atomic mass is 32.1. The van der Waals surface area contributed by atoms with Crippen molar-refractivity contribution in [3.63, 3.8) is 0 Å². The molecule has 156 valence electrons. The third-order valence-electron chi connectivity index (χ3n) is 5.55. The van der Waals surface area contributed by atoms with Gasteiger partial charge < -0.3 is 25.0 Å². The molecule has 1 atom stereocenters. The average Bonchev–Trinajstić information content (AvgIpc) is 2.74. The van der Waals surface area contributed by atoms with Crippen molar-refractivity contribution in [3.05, 3.63) is 48.0 Å². The number of nitrogens with zero attached hydrogens (tertiary/aromatic N) is 1. The summed E-state index contributed by atoms with van der Waals surface area (Å²) in [7, 11) is 3.26. The van der Waals surface area contributed by atoms with Crippen LogP contribution >= 0.6 is 12.2 Å². The van der Waals surface area contributed by atoms with Crippen LogP contribution in [-0.4, -0.2) is 32.4 Å². The fourth-order valence-corrected chi connectivity index (χ4v) is 3.87. The van der Waals surface area contributed by atoms with Gasteiger partial charge in [0.2, 0.25) is 0 Å². The zero-order valence-corrected chi connectivity index (χ0v) is 18.5. The molecule has 0 aliphatic carbocycles. The zero-order valence-electron chi connectivity index (χ0n) is 17.7. The van der Waals surface area contributed by atoms with Crippen molar-refractivity contribution in [3.8, 4) is 11.5 Å². The summed E-state index contributed by atoms with van der Waals surface area (Å²) in [4.78, 5) is 2.48. The molecule has 0 unspecified atom stereocenters. The molecule has 2 aromatic carbocycles. The van der Waals surface area contributed by atoms with Crippen LogP contribution in [0, 0.1) is 5.92 Å². The molecule has 3 rings (SSSR count). The first-order valence-corrected chi connectivity index (χ1v) is 10.6. The first kappa shape index (κ1) is 21.2. The molecule has 0 radical (unpaired) electrons. The van der Waals surface area contributed by atoms with Crippen LogP contribution in [0.15, 0.2) is 42.5 Å². The summed E-state index contributed by atoms with van der Waals surface area (Å²) in [5, 5.41) is 7.11. The predicted molar refractivity (Wildman–Crippen MR) is 124 cm³/mol. The van der Waals surface area contributed by atoms with Gasteiger partial charge in [-0.3, -0.25) is 0 Å². The summed E-state index contributed by atoms with van der Waals surface area (Å²) < 4.78 is 10.7. The van der Waals surface area contributed by atoms with Gasteiger partial charge >= 0.3 is 0 Å². The van der Waals surface area contributed by atoms with Crippen molar-refractivity contribution >= 4 is 28.7 Å². The van der Waals surface area contributed by atoms with E-state index in [1.807, 2.05) is 18.2 Å². The maximum Gasteiger partial charge on any atom is 0.171 e. The molecule has 6 heteroatoms. The van der Waals surface area contributed by atoms with E-state index in [0.717, 1.165) is 30.4 Å². The van der Waals surface area contributed by atoms with Crippen LogP contribution in [0.2, 0.25) is 0 Å². The highest BCUT2D eigenvalue weighted by Crippen LogP contribution is 2.29. The van der Waals surface area contributed by atoms with Gasteiger partial charge in [-0.25, -0.2) is 0 Å². The van der Waals surface area contributed by atoms with Crippen LogP contribution < -0.4 is 25.0 Å². The minimum atomic E-state index is 0.0923. The maximum atomic E-state index is 5.50. The van der Waals surface area contributed by atoms with E-state index in [-0.39, 0.29) is 6.04 Å². The maximum absolute atomic E-state index is 5.50. The summed E-state index contributed by atoms with van der Waals surface area (Å²) in [6.45, 7) is 6.74. The van der Waals surface area contributed by atoms with Gasteiger partial charge in [-0.15, -0.1) is 0 Å². The van der Waals surface area contributed by atoms with Crippen molar-refractivity contribution < 1.29 is 9.47 Å². The average molecular weight is 414 g/mol. The SMILES string of the molecule is COc1ccc(NC(=S)N[C@H](C)c2ccc(N3CCC(C)CC3)cc2)c(OC)c1. The summed E-state index contributed by atoms with van der Waals surface area (Å²) in [5.74, 6) is 2.26. The minimum Gasteiger partial charge on any atom is -0.497 e. The van der Waals surface area contributed by atoms with E-state index in [1.165, 1.54) is 24.1 Å². The van der Waals surface area contributed by atoms with Crippen molar-refractivity contribution in [1.82, 2.24) is 5.32 Å². The second-order valence-corrected chi connectivity index (χ2v) is 8.06. The number of rotatable bonds is 6. The highest BCUT2D eigenvalue weighted by molar-refractivity contribution is 7.80. The Morgan fingerprint density at radius 3 is 2.38 bits per heavy atom. The number of nitrogens with one attached hydrogen (secondary N) is 2. The molecular weight excluding hydrogens is 382 g/mol. The number of piperidine rings is 1. The Labute approximate surface area is 179 Å². The smallest absolute Gasteiger partial charge is 0.171 e. The molecule has 0 amide bonds. The van der Waals surface area contributed by atoms with Gasteiger partial charge in [-0.2, -0.15) is 0 Å².